The molecule has 0 atom stereocenters. The van der Waals surface area contributed by atoms with E-state index < -0.39 is 0 Å². The maximum absolute atomic E-state index is 12.9. The molecule has 1 amide bonds. The van der Waals surface area contributed by atoms with E-state index in [2.05, 4.69) is 0 Å². The van der Waals surface area contributed by atoms with Gasteiger partial charge in [-0.3, -0.25) is 9.69 Å². The molecule has 3 aromatic rings. The Balaban J connectivity index is 1.60. The Morgan fingerprint density at radius 1 is 1.14 bits per heavy atom. The van der Waals surface area contributed by atoms with Gasteiger partial charge in [-0.2, -0.15) is 0 Å². The second-order valence-corrected chi connectivity index (χ2v) is 8.92. The maximum Gasteiger partial charge on any atom is 0.270 e. The van der Waals surface area contributed by atoms with Crippen molar-refractivity contribution >= 4 is 69.3 Å². The predicted octanol–water partition coefficient (Wildman–Crippen LogP) is 6.73. The van der Waals surface area contributed by atoms with Crippen LogP contribution >= 0.6 is 47.3 Å². The third-order valence-electron chi connectivity index (χ3n) is 4.13. The Morgan fingerprint density at radius 3 is 2.68 bits per heavy atom. The van der Waals surface area contributed by atoms with Crippen LogP contribution in [0.5, 0.6) is 0 Å². The molecule has 0 bridgehead atoms. The number of halogens is 1. The molecule has 0 aliphatic carbocycles. The molecule has 0 saturated carbocycles. The summed E-state index contributed by atoms with van der Waals surface area (Å²) in [5.74, 6) is 1.17. The Morgan fingerprint density at radius 2 is 1.93 bits per heavy atom. The molecule has 2 aromatic carbocycles. The lowest BCUT2D eigenvalue weighted by Gasteiger charge is -2.15. The summed E-state index contributed by atoms with van der Waals surface area (Å²) < 4.78 is 6.40. The molecule has 1 aliphatic heterocycles. The van der Waals surface area contributed by atoms with E-state index in [4.69, 9.17) is 28.2 Å². The number of thiocarbonyl (C=S) groups is 1. The summed E-state index contributed by atoms with van der Waals surface area (Å²) in [5, 5.41) is 0.671. The summed E-state index contributed by atoms with van der Waals surface area (Å²) in [7, 11) is 0. The first-order valence-corrected chi connectivity index (χ1v) is 11.2. The quantitative estimate of drug-likeness (QED) is 0.253. The van der Waals surface area contributed by atoms with Crippen molar-refractivity contribution in [2.24, 2.45) is 0 Å². The van der Waals surface area contributed by atoms with E-state index in [0.717, 1.165) is 16.1 Å². The molecule has 1 fully saturated rings. The van der Waals surface area contributed by atoms with Crippen molar-refractivity contribution in [1.29, 1.82) is 0 Å². The lowest BCUT2D eigenvalue weighted by Crippen LogP contribution is -2.27. The number of furan rings is 1. The highest BCUT2D eigenvalue weighted by molar-refractivity contribution is 8.27. The summed E-state index contributed by atoms with van der Waals surface area (Å²) in [6, 6.07) is 18.9. The van der Waals surface area contributed by atoms with Gasteiger partial charge >= 0.3 is 0 Å². The standard InChI is InChI=1S/C21H14ClNO2S3/c1-27-17-4-2-3-15(11-17)23-20(24)19(28-21(23)26)12-16-9-10-18(25-16)13-5-7-14(22)8-6-13/h2-12H,1H3/b19-12+. The lowest BCUT2D eigenvalue weighted by atomic mass is 10.2. The summed E-state index contributed by atoms with van der Waals surface area (Å²) in [4.78, 5) is 16.1. The van der Waals surface area contributed by atoms with Gasteiger partial charge in [-0.25, -0.2) is 0 Å². The second kappa shape index (κ2) is 8.17. The molecule has 1 saturated heterocycles. The zero-order valence-corrected chi connectivity index (χ0v) is 17.9. The smallest absolute Gasteiger partial charge is 0.270 e. The minimum atomic E-state index is -0.141. The molecule has 2 heterocycles. The number of thioether (sulfide) groups is 2. The Labute approximate surface area is 181 Å². The third kappa shape index (κ3) is 3.91. The number of carbonyl (C=O) groups excluding carboxylic acids is 1. The molecule has 4 rings (SSSR count). The number of hydrogen-bond acceptors (Lipinski definition) is 5. The van der Waals surface area contributed by atoms with Gasteiger partial charge in [0.2, 0.25) is 0 Å². The highest BCUT2D eigenvalue weighted by Crippen LogP contribution is 2.37. The van der Waals surface area contributed by atoms with Crippen LogP contribution in [0.1, 0.15) is 5.76 Å². The number of hydrogen-bond donors (Lipinski definition) is 0. The van der Waals surface area contributed by atoms with Crippen LogP contribution < -0.4 is 4.90 Å². The van der Waals surface area contributed by atoms with E-state index in [9.17, 15) is 4.79 Å². The third-order valence-corrected chi connectivity index (χ3v) is 6.41. The van der Waals surface area contributed by atoms with Crippen LogP contribution in [0.15, 0.2) is 74.9 Å². The van der Waals surface area contributed by atoms with E-state index in [1.54, 1.807) is 22.7 Å². The van der Waals surface area contributed by atoms with Crippen molar-refractivity contribution in [3.05, 3.63) is 76.4 Å². The number of amides is 1. The van der Waals surface area contributed by atoms with E-state index in [-0.39, 0.29) is 5.91 Å². The SMILES string of the molecule is CSc1cccc(N2C(=O)/C(=C\c3ccc(-c4ccc(Cl)cc4)o3)SC2=S)c1. The van der Waals surface area contributed by atoms with Gasteiger partial charge in [-0.05, 0) is 60.9 Å². The molecule has 28 heavy (non-hydrogen) atoms. The van der Waals surface area contributed by atoms with Gasteiger partial charge in [0.25, 0.3) is 5.91 Å². The van der Waals surface area contributed by atoms with E-state index in [1.165, 1.54) is 11.8 Å². The highest BCUT2D eigenvalue weighted by Gasteiger charge is 2.33. The molecule has 1 aromatic heterocycles. The molecule has 0 radical (unpaired) electrons. The molecule has 3 nitrogen and oxygen atoms in total. The van der Waals surface area contributed by atoms with Gasteiger partial charge in [-0.15, -0.1) is 11.8 Å². The maximum atomic E-state index is 12.9. The zero-order valence-electron chi connectivity index (χ0n) is 14.7. The van der Waals surface area contributed by atoms with Gasteiger partial charge in [0.05, 0.1) is 10.6 Å². The van der Waals surface area contributed by atoms with E-state index in [1.807, 2.05) is 66.9 Å². The minimum absolute atomic E-state index is 0.141. The Bertz CT molecular complexity index is 1090. The number of benzene rings is 2. The minimum Gasteiger partial charge on any atom is -0.457 e. The zero-order chi connectivity index (χ0) is 19.7. The topological polar surface area (TPSA) is 33.5 Å². The van der Waals surface area contributed by atoms with Crippen LogP contribution in [0, 0.1) is 0 Å². The molecule has 0 spiro atoms. The van der Waals surface area contributed by atoms with Crippen molar-refractivity contribution in [2.45, 2.75) is 4.90 Å². The summed E-state index contributed by atoms with van der Waals surface area (Å²) >= 11 is 14.3. The largest absolute Gasteiger partial charge is 0.457 e. The number of rotatable bonds is 4. The summed E-state index contributed by atoms with van der Waals surface area (Å²) in [6.45, 7) is 0. The van der Waals surface area contributed by atoms with Crippen molar-refractivity contribution in [1.82, 2.24) is 0 Å². The highest BCUT2D eigenvalue weighted by atomic mass is 35.5. The molecule has 1 aliphatic rings. The fourth-order valence-electron chi connectivity index (χ4n) is 2.77. The van der Waals surface area contributed by atoms with E-state index in [0.29, 0.717) is 25.8 Å². The number of carbonyl (C=O) groups is 1. The normalized spacial score (nSPS) is 15.6. The van der Waals surface area contributed by atoms with Crippen molar-refractivity contribution < 1.29 is 9.21 Å². The summed E-state index contributed by atoms with van der Waals surface area (Å²) in [5.41, 5.74) is 1.70. The van der Waals surface area contributed by atoms with Crippen molar-refractivity contribution in [3.63, 3.8) is 0 Å². The molecular formula is C21H14ClNO2S3. The molecule has 0 N–H and O–H groups in total. The van der Waals surface area contributed by atoms with Crippen LogP contribution in [-0.2, 0) is 4.79 Å². The number of anilines is 1. The first-order chi connectivity index (χ1) is 13.5. The van der Waals surface area contributed by atoms with Crippen LogP contribution in [-0.4, -0.2) is 16.5 Å². The van der Waals surface area contributed by atoms with Crippen LogP contribution in [0.25, 0.3) is 17.4 Å². The average molecular weight is 444 g/mol. The van der Waals surface area contributed by atoms with Crippen LogP contribution in [0.2, 0.25) is 5.02 Å². The first-order valence-electron chi connectivity index (χ1n) is 8.33. The fourth-order valence-corrected chi connectivity index (χ4v) is 4.63. The molecule has 0 unspecified atom stereocenters. The van der Waals surface area contributed by atoms with E-state index >= 15 is 0 Å². The first kappa shape index (κ1) is 19.3. The van der Waals surface area contributed by atoms with Crippen LogP contribution in [0.4, 0.5) is 5.69 Å². The van der Waals surface area contributed by atoms with Gasteiger partial charge < -0.3 is 4.42 Å². The Hall–Kier alpha value is -1.99. The van der Waals surface area contributed by atoms with Gasteiger partial charge in [0.15, 0.2) is 4.32 Å². The van der Waals surface area contributed by atoms with Crippen LogP contribution in [0.3, 0.4) is 0 Å². The van der Waals surface area contributed by atoms with Gasteiger partial charge in [0, 0.05) is 21.6 Å². The molecular weight excluding hydrogens is 430 g/mol. The molecule has 140 valence electrons. The Kier molecular flexibility index (Phi) is 5.64. The van der Waals surface area contributed by atoms with Gasteiger partial charge in [-0.1, -0.05) is 41.6 Å². The monoisotopic (exact) mass is 443 g/mol. The number of nitrogens with zero attached hydrogens (tertiary/aromatic N) is 1. The molecule has 7 heteroatoms. The van der Waals surface area contributed by atoms with Gasteiger partial charge in [0.1, 0.15) is 11.5 Å². The fraction of sp³-hybridized carbons (Fsp3) is 0.0476. The summed E-state index contributed by atoms with van der Waals surface area (Å²) in [6.07, 6.45) is 3.73. The second-order valence-electron chi connectivity index (χ2n) is 5.93. The van der Waals surface area contributed by atoms with Crippen molar-refractivity contribution in [2.75, 3.05) is 11.2 Å². The predicted molar refractivity (Wildman–Crippen MR) is 123 cm³/mol. The average Bonchev–Trinajstić information content (AvgIpc) is 3.27. The van der Waals surface area contributed by atoms with Crippen molar-refractivity contribution in [3.8, 4) is 11.3 Å². The lowest BCUT2D eigenvalue weighted by molar-refractivity contribution is -0.113.